The van der Waals surface area contributed by atoms with Gasteiger partial charge in [-0.25, -0.2) is 0 Å². The van der Waals surface area contributed by atoms with Crippen molar-refractivity contribution in [3.8, 4) is 0 Å². The Balaban J connectivity index is 3.48. The average molecular weight is 261 g/mol. The molecule has 1 aromatic carbocycles. The maximum atomic E-state index is 13.1. The van der Waals surface area contributed by atoms with Crippen LogP contribution in [0.25, 0.3) is 0 Å². The number of benzene rings is 1. The number of halogens is 6. The van der Waals surface area contributed by atoms with Gasteiger partial charge in [0.2, 0.25) is 0 Å². The number of alkyl halides is 5. The Bertz CT molecular complexity index is 388. The highest BCUT2D eigenvalue weighted by Crippen LogP contribution is 2.42. The largest absolute Gasteiger partial charge is 0.416 e. The van der Waals surface area contributed by atoms with Gasteiger partial charge in [-0.3, -0.25) is 0 Å². The molecule has 1 nitrogen and oxygen atoms in total. The zero-order chi connectivity index (χ0) is 12.6. The van der Waals surface area contributed by atoms with Gasteiger partial charge in [0.05, 0.1) is 16.1 Å². The summed E-state index contributed by atoms with van der Waals surface area (Å²) in [5.74, 6) is -4.02. The molecule has 0 saturated carbocycles. The summed E-state index contributed by atoms with van der Waals surface area (Å²) >= 11 is 5.31. The molecule has 7 heteroatoms. The molecule has 0 radical (unpaired) electrons. The normalized spacial score (nSPS) is 12.9. The van der Waals surface area contributed by atoms with E-state index in [0.29, 0.717) is 6.07 Å². The Labute approximate surface area is 92.5 Å². The van der Waals surface area contributed by atoms with Crippen LogP contribution in [0.5, 0.6) is 0 Å². The number of aliphatic hydroxyl groups excluding tert-OH is 1. The molecule has 16 heavy (non-hydrogen) atoms. The molecule has 0 spiro atoms. The van der Waals surface area contributed by atoms with E-state index in [1.807, 2.05) is 0 Å². The lowest BCUT2D eigenvalue weighted by Gasteiger charge is -2.20. The Morgan fingerprint density at radius 3 is 2.12 bits per heavy atom. The molecule has 1 aromatic rings. The molecule has 0 amide bonds. The molecule has 0 heterocycles. The Kier molecular flexibility index (Phi) is 3.44. The molecular formula is C9H6ClF5O. The summed E-state index contributed by atoms with van der Waals surface area (Å²) < 4.78 is 63.5. The lowest BCUT2D eigenvalue weighted by atomic mass is 10.0. The zero-order valence-electron chi connectivity index (χ0n) is 7.65. The van der Waals surface area contributed by atoms with Crippen molar-refractivity contribution in [1.82, 2.24) is 0 Å². The van der Waals surface area contributed by atoms with Crippen molar-refractivity contribution in [3.63, 3.8) is 0 Å². The maximum absolute atomic E-state index is 13.1. The summed E-state index contributed by atoms with van der Waals surface area (Å²) in [6.45, 7) is -1.74. The number of rotatable bonds is 2. The van der Waals surface area contributed by atoms with Crippen molar-refractivity contribution >= 4 is 11.6 Å². The van der Waals surface area contributed by atoms with Gasteiger partial charge in [0.1, 0.15) is 6.61 Å². The minimum atomic E-state index is -4.95. The number of hydrogen-bond acceptors (Lipinski definition) is 1. The van der Waals surface area contributed by atoms with E-state index in [2.05, 4.69) is 0 Å². The third-order valence-corrected chi connectivity index (χ3v) is 2.20. The predicted molar refractivity (Wildman–Crippen MR) is 47.4 cm³/mol. The Morgan fingerprint density at radius 2 is 1.69 bits per heavy atom. The molecule has 0 aliphatic rings. The average Bonchev–Trinajstić information content (AvgIpc) is 2.15. The van der Waals surface area contributed by atoms with Gasteiger partial charge in [0, 0.05) is 0 Å². The van der Waals surface area contributed by atoms with Gasteiger partial charge >= 0.3 is 6.18 Å². The third-order valence-electron chi connectivity index (χ3n) is 1.88. The first kappa shape index (κ1) is 13.2. The van der Waals surface area contributed by atoms with E-state index in [1.54, 1.807) is 0 Å². The fraction of sp³-hybridized carbons (Fsp3) is 0.333. The van der Waals surface area contributed by atoms with E-state index in [-0.39, 0.29) is 0 Å². The molecule has 0 aromatic heterocycles. The molecule has 0 bridgehead atoms. The molecule has 0 fully saturated rings. The zero-order valence-corrected chi connectivity index (χ0v) is 8.41. The van der Waals surface area contributed by atoms with Crippen molar-refractivity contribution in [2.24, 2.45) is 0 Å². The summed E-state index contributed by atoms with van der Waals surface area (Å²) in [6, 6.07) is 2.32. The molecule has 1 N–H and O–H groups in total. The SMILES string of the molecule is OCC(F)(F)c1c(Cl)cccc1C(F)(F)F. The van der Waals surface area contributed by atoms with Gasteiger partial charge in [-0.2, -0.15) is 22.0 Å². The van der Waals surface area contributed by atoms with Crippen LogP contribution in [0.15, 0.2) is 18.2 Å². The number of aliphatic hydroxyl groups is 1. The topological polar surface area (TPSA) is 20.2 Å². The molecule has 0 aliphatic carbocycles. The molecule has 0 saturated heterocycles. The minimum Gasteiger partial charge on any atom is -0.390 e. The van der Waals surface area contributed by atoms with Crippen LogP contribution in [0.3, 0.4) is 0 Å². The molecule has 1 rings (SSSR count). The summed E-state index contributed by atoms with van der Waals surface area (Å²) in [5.41, 5.74) is -2.94. The van der Waals surface area contributed by atoms with Gasteiger partial charge in [-0.05, 0) is 12.1 Å². The van der Waals surface area contributed by atoms with Crippen molar-refractivity contribution in [1.29, 1.82) is 0 Å². The van der Waals surface area contributed by atoms with Crippen LogP contribution >= 0.6 is 11.6 Å². The Morgan fingerprint density at radius 1 is 1.12 bits per heavy atom. The van der Waals surface area contributed by atoms with Gasteiger partial charge in [0.15, 0.2) is 0 Å². The smallest absolute Gasteiger partial charge is 0.390 e. The first-order valence-corrected chi connectivity index (χ1v) is 4.43. The van der Waals surface area contributed by atoms with Crippen LogP contribution in [-0.4, -0.2) is 11.7 Å². The fourth-order valence-electron chi connectivity index (χ4n) is 1.21. The van der Waals surface area contributed by atoms with E-state index < -0.39 is 34.9 Å². The van der Waals surface area contributed by atoms with Crippen molar-refractivity contribution in [3.05, 3.63) is 34.3 Å². The first-order valence-electron chi connectivity index (χ1n) is 4.05. The highest BCUT2D eigenvalue weighted by atomic mass is 35.5. The fourth-order valence-corrected chi connectivity index (χ4v) is 1.52. The van der Waals surface area contributed by atoms with Crippen LogP contribution < -0.4 is 0 Å². The summed E-state index contributed by atoms with van der Waals surface area (Å²) in [4.78, 5) is 0. The highest BCUT2D eigenvalue weighted by molar-refractivity contribution is 6.31. The van der Waals surface area contributed by atoms with Crippen molar-refractivity contribution in [2.45, 2.75) is 12.1 Å². The van der Waals surface area contributed by atoms with Gasteiger partial charge in [-0.1, -0.05) is 17.7 Å². The summed E-state index contributed by atoms with van der Waals surface area (Å²) in [6.07, 6.45) is -4.95. The molecule has 0 unspecified atom stereocenters. The van der Waals surface area contributed by atoms with Crippen molar-refractivity contribution < 1.29 is 27.1 Å². The van der Waals surface area contributed by atoms with Crippen LogP contribution in [0.2, 0.25) is 5.02 Å². The quantitative estimate of drug-likeness (QED) is 0.808. The van der Waals surface area contributed by atoms with E-state index in [9.17, 15) is 22.0 Å². The molecule has 90 valence electrons. The standard InChI is InChI=1S/C9H6ClF5O/c10-6-3-1-2-5(9(13,14)15)7(6)8(11,12)4-16/h1-3,16H,4H2. The second kappa shape index (κ2) is 4.18. The lowest BCUT2D eigenvalue weighted by Crippen LogP contribution is -2.24. The van der Waals surface area contributed by atoms with E-state index >= 15 is 0 Å². The minimum absolute atomic E-state index is 0.491. The second-order valence-corrected chi connectivity index (χ2v) is 3.43. The van der Waals surface area contributed by atoms with E-state index in [4.69, 9.17) is 16.7 Å². The van der Waals surface area contributed by atoms with Gasteiger partial charge < -0.3 is 5.11 Å². The maximum Gasteiger partial charge on any atom is 0.416 e. The van der Waals surface area contributed by atoms with E-state index in [0.717, 1.165) is 12.1 Å². The van der Waals surface area contributed by atoms with Crippen LogP contribution in [0.4, 0.5) is 22.0 Å². The van der Waals surface area contributed by atoms with Crippen LogP contribution in [0.1, 0.15) is 11.1 Å². The predicted octanol–water partition coefficient (Wildman–Crippen LogP) is 3.44. The summed E-state index contributed by atoms with van der Waals surface area (Å²) in [7, 11) is 0. The van der Waals surface area contributed by atoms with Gasteiger partial charge in [-0.15, -0.1) is 0 Å². The second-order valence-electron chi connectivity index (χ2n) is 3.02. The summed E-state index contributed by atoms with van der Waals surface area (Å²) in [5, 5.41) is 7.66. The Hall–Kier alpha value is -0.880. The van der Waals surface area contributed by atoms with Crippen molar-refractivity contribution in [2.75, 3.05) is 6.61 Å². The first-order chi connectivity index (χ1) is 7.20. The highest BCUT2D eigenvalue weighted by Gasteiger charge is 2.43. The van der Waals surface area contributed by atoms with Crippen LogP contribution in [0, 0.1) is 0 Å². The van der Waals surface area contributed by atoms with E-state index in [1.165, 1.54) is 0 Å². The molecular weight excluding hydrogens is 255 g/mol. The molecule has 0 aliphatic heterocycles. The van der Waals surface area contributed by atoms with Crippen LogP contribution in [-0.2, 0) is 12.1 Å². The third kappa shape index (κ3) is 2.44. The monoisotopic (exact) mass is 260 g/mol. The number of hydrogen-bond donors (Lipinski definition) is 1. The lowest BCUT2D eigenvalue weighted by molar-refractivity contribution is -0.143. The molecule has 0 atom stereocenters. The van der Waals surface area contributed by atoms with Gasteiger partial charge in [0.25, 0.3) is 5.92 Å².